The number of quaternary nitrogens is 1. The smallest absolute Gasteiger partial charge is 0.282 e. The van der Waals surface area contributed by atoms with E-state index in [9.17, 15) is 23.3 Å². The molecule has 0 radical (unpaired) electrons. The zero-order valence-corrected chi connectivity index (χ0v) is 19.7. The Hall–Kier alpha value is -2.53. The first-order valence-corrected chi connectivity index (χ1v) is 12.0. The van der Waals surface area contributed by atoms with Crippen LogP contribution in [0.25, 0.3) is 0 Å². The van der Waals surface area contributed by atoms with Crippen LogP contribution in [0.2, 0.25) is 5.02 Å². The Morgan fingerprint density at radius 2 is 1.81 bits per heavy atom. The highest BCUT2D eigenvalue weighted by Crippen LogP contribution is 2.26. The van der Waals surface area contributed by atoms with Crippen molar-refractivity contribution >= 4 is 38.9 Å². The summed E-state index contributed by atoms with van der Waals surface area (Å²) in [5, 5.41) is 13.8. The van der Waals surface area contributed by atoms with Crippen LogP contribution in [0.3, 0.4) is 0 Å². The number of carbonyl (C=O) groups excluding carboxylic acids is 1. The number of nitro groups is 1. The lowest BCUT2D eigenvalue weighted by molar-refractivity contribution is -0.917. The van der Waals surface area contributed by atoms with Crippen molar-refractivity contribution in [3.05, 3.63) is 62.7 Å². The van der Waals surface area contributed by atoms with Crippen LogP contribution in [0, 0.1) is 24.0 Å². The summed E-state index contributed by atoms with van der Waals surface area (Å²) in [6.45, 7) is 7.05. The highest BCUT2D eigenvalue weighted by atomic mass is 35.5. The summed E-state index contributed by atoms with van der Waals surface area (Å²) in [6.07, 6.45) is 0. The van der Waals surface area contributed by atoms with Crippen LogP contribution in [0.5, 0.6) is 0 Å². The lowest BCUT2D eigenvalue weighted by Crippen LogP contribution is -3.19. The van der Waals surface area contributed by atoms with Gasteiger partial charge in [-0.25, -0.2) is 8.42 Å². The number of anilines is 1. The minimum absolute atomic E-state index is 0.171. The molecule has 1 amide bonds. The molecule has 1 atom stereocenters. The van der Waals surface area contributed by atoms with Gasteiger partial charge in [0.25, 0.3) is 11.6 Å². The molecule has 0 aliphatic carbocycles. The Labute approximate surface area is 192 Å². The van der Waals surface area contributed by atoms with Gasteiger partial charge in [0, 0.05) is 12.1 Å². The fourth-order valence-electron chi connectivity index (χ4n) is 3.62. The number of carbonyl (C=O) groups is 1. The third-order valence-electron chi connectivity index (χ3n) is 5.91. The topological polar surface area (TPSA) is 114 Å². The van der Waals surface area contributed by atoms with Gasteiger partial charge in [-0.05, 0) is 50.1 Å². The second-order valence-corrected chi connectivity index (χ2v) is 10.3. The van der Waals surface area contributed by atoms with Gasteiger partial charge in [0.2, 0.25) is 10.0 Å². The van der Waals surface area contributed by atoms with Crippen molar-refractivity contribution in [1.29, 1.82) is 0 Å². The number of nitrogens with one attached hydrogen (secondary N) is 2. The quantitative estimate of drug-likeness (QED) is 0.482. The normalized spacial score (nSPS) is 16.5. The Kier molecular flexibility index (Phi) is 7.19. The Morgan fingerprint density at radius 1 is 1.16 bits per heavy atom. The predicted molar refractivity (Wildman–Crippen MR) is 122 cm³/mol. The lowest BCUT2D eigenvalue weighted by atomic mass is 10.1. The van der Waals surface area contributed by atoms with Gasteiger partial charge in [0.05, 0.1) is 46.7 Å². The zero-order chi connectivity index (χ0) is 23.6. The number of piperazine rings is 1. The van der Waals surface area contributed by atoms with E-state index in [2.05, 4.69) is 5.32 Å². The lowest BCUT2D eigenvalue weighted by Gasteiger charge is -2.34. The largest absolute Gasteiger partial charge is 0.323 e. The Morgan fingerprint density at radius 3 is 2.41 bits per heavy atom. The molecule has 0 aromatic heterocycles. The summed E-state index contributed by atoms with van der Waals surface area (Å²) in [5.74, 6) is -0.340. The summed E-state index contributed by atoms with van der Waals surface area (Å²) in [4.78, 5) is 24.3. The molecule has 2 aromatic carbocycles. The van der Waals surface area contributed by atoms with Gasteiger partial charge in [-0.1, -0.05) is 17.7 Å². The SMILES string of the molecule is Cc1ccc(S(=O)(=O)N2CC[NH+]([C@H](C)C(=O)Nc3cc([N+](=O)[O-])ccc3Cl)CC2)cc1C. The number of rotatable bonds is 6. The number of aryl methyl sites for hydroxylation is 2. The molecule has 9 nitrogen and oxygen atoms in total. The molecular weight excluding hydrogens is 456 g/mol. The van der Waals surface area contributed by atoms with Gasteiger partial charge in [-0.3, -0.25) is 14.9 Å². The Balaban J connectivity index is 1.64. The second-order valence-electron chi connectivity index (χ2n) is 7.94. The van der Waals surface area contributed by atoms with Crippen molar-refractivity contribution in [2.45, 2.75) is 31.7 Å². The molecule has 2 aromatic rings. The molecule has 0 bridgehead atoms. The standard InChI is InChI=1S/C21H25ClN4O5S/c1-14-4-6-18(12-15(14)2)32(30,31)25-10-8-24(9-11-25)16(3)21(27)23-20-13-17(26(28)29)5-7-19(20)22/h4-7,12-13,16H,8-11H2,1-3H3,(H,23,27)/p+1/t16-/m1/s1. The van der Waals surface area contributed by atoms with E-state index in [1.165, 1.54) is 22.5 Å². The number of nitrogens with zero attached hydrogens (tertiary/aromatic N) is 2. The number of nitro benzene ring substituents is 1. The maximum absolute atomic E-state index is 13.0. The van der Waals surface area contributed by atoms with Crippen LogP contribution in [-0.4, -0.2) is 55.8 Å². The average molecular weight is 482 g/mol. The molecule has 32 heavy (non-hydrogen) atoms. The molecule has 1 aliphatic rings. The van der Waals surface area contributed by atoms with E-state index in [1.807, 2.05) is 13.8 Å². The molecule has 2 N–H and O–H groups in total. The van der Waals surface area contributed by atoms with E-state index in [1.54, 1.807) is 25.1 Å². The minimum Gasteiger partial charge on any atom is -0.323 e. The van der Waals surface area contributed by atoms with Crippen molar-refractivity contribution in [2.24, 2.45) is 0 Å². The maximum atomic E-state index is 13.0. The third-order valence-corrected chi connectivity index (χ3v) is 8.13. The summed E-state index contributed by atoms with van der Waals surface area (Å²) in [5.41, 5.74) is 1.95. The Bertz CT molecular complexity index is 1150. The fourth-order valence-corrected chi connectivity index (χ4v) is 5.31. The highest BCUT2D eigenvalue weighted by Gasteiger charge is 2.34. The summed E-state index contributed by atoms with van der Waals surface area (Å²) in [6, 6.07) is 8.46. The average Bonchev–Trinajstić information content (AvgIpc) is 2.76. The van der Waals surface area contributed by atoms with E-state index in [0.717, 1.165) is 16.0 Å². The first-order chi connectivity index (χ1) is 15.0. The number of halogens is 1. The van der Waals surface area contributed by atoms with E-state index in [4.69, 9.17) is 11.6 Å². The van der Waals surface area contributed by atoms with Gasteiger partial charge in [0.1, 0.15) is 0 Å². The van der Waals surface area contributed by atoms with Crippen LogP contribution >= 0.6 is 11.6 Å². The zero-order valence-electron chi connectivity index (χ0n) is 18.1. The summed E-state index contributed by atoms with van der Waals surface area (Å²) >= 11 is 6.07. The minimum atomic E-state index is -3.60. The van der Waals surface area contributed by atoms with Gasteiger partial charge in [0.15, 0.2) is 6.04 Å². The van der Waals surface area contributed by atoms with E-state index >= 15 is 0 Å². The fraction of sp³-hybridized carbons (Fsp3) is 0.381. The number of hydrogen-bond acceptors (Lipinski definition) is 5. The first kappa shape index (κ1) is 24.1. The number of amides is 1. The molecule has 0 unspecified atom stereocenters. The molecule has 172 valence electrons. The van der Waals surface area contributed by atoms with Gasteiger partial charge in [-0.15, -0.1) is 0 Å². The van der Waals surface area contributed by atoms with Gasteiger partial charge in [-0.2, -0.15) is 4.31 Å². The molecule has 0 spiro atoms. The molecule has 1 saturated heterocycles. The summed E-state index contributed by atoms with van der Waals surface area (Å²) in [7, 11) is -3.60. The monoisotopic (exact) mass is 481 g/mol. The van der Waals surface area contributed by atoms with Gasteiger partial charge < -0.3 is 10.2 Å². The molecule has 11 heteroatoms. The predicted octanol–water partition coefficient (Wildman–Crippen LogP) is 1.78. The van der Waals surface area contributed by atoms with Crippen molar-refractivity contribution < 1.29 is 23.0 Å². The molecule has 1 aliphatic heterocycles. The number of hydrogen-bond donors (Lipinski definition) is 2. The molecule has 0 saturated carbocycles. The van der Waals surface area contributed by atoms with Crippen molar-refractivity contribution in [3.8, 4) is 0 Å². The first-order valence-electron chi connectivity index (χ1n) is 10.2. The number of benzene rings is 2. The van der Waals surface area contributed by atoms with Crippen LogP contribution in [0.15, 0.2) is 41.3 Å². The van der Waals surface area contributed by atoms with Crippen molar-refractivity contribution in [3.63, 3.8) is 0 Å². The van der Waals surface area contributed by atoms with Crippen LogP contribution < -0.4 is 10.2 Å². The summed E-state index contributed by atoms with van der Waals surface area (Å²) < 4.78 is 27.4. The molecule has 1 fully saturated rings. The third kappa shape index (κ3) is 5.09. The molecular formula is C21H26ClN4O5S+. The maximum Gasteiger partial charge on any atom is 0.282 e. The number of non-ortho nitro benzene ring substituents is 1. The highest BCUT2D eigenvalue weighted by molar-refractivity contribution is 7.89. The van der Waals surface area contributed by atoms with E-state index in [0.29, 0.717) is 26.2 Å². The van der Waals surface area contributed by atoms with Crippen molar-refractivity contribution in [1.82, 2.24) is 4.31 Å². The van der Waals surface area contributed by atoms with Crippen LogP contribution in [0.1, 0.15) is 18.1 Å². The molecule has 1 heterocycles. The molecule has 3 rings (SSSR count). The van der Waals surface area contributed by atoms with Crippen molar-refractivity contribution in [2.75, 3.05) is 31.5 Å². The second kappa shape index (κ2) is 9.53. The van der Waals surface area contributed by atoms with Gasteiger partial charge >= 0.3 is 0 Å². The van der Waals surface area contributed by atoms with E-state index < -0.39 is 21.0 Å². The van der Waals surface area contributed by atoms with Crippen LogP contribution in [0.4, 0.5) is 11.4 Å². The van der Waals surface area contributed by atoms with E-state index in [-0.39, 0.29) is 27.2 Å². The van der Waals surface area contributed by atoms with Crippen LogP contribution in [-0.2, 0) is 14.8 Å². The number of sulfonamides is 1.